The van der Waals surface area contributed by atoms with Gasteiger partial charge in [-0.3, -0.25) is 0 Å². The van der Waals surface area contributed by atoms with Crippen LogP contribution in [-0.4, -0.2) is 16.1 Å². The molecule has 0 amide bonds. The zero-order valence-electron chi connectivity index (χ0n) is 13.3. The van der Waals surface area contributed by atoms with E-state index < -0.39 is 0 Å². The Morgan fingerprint density at radius 1 is 1.00 bits per heavy atom. The molecular formula is C19H25ClOSi. The summed E-state index contributed by atoms with van der Waals surface area (Å²) in [5, 5.41) is 2.35. The minimum atomic E-state index is -0.184. The molecule has 1 atom stereocenters. The van der Waals surface area contributed by atoms with Gasteiger partial charge in [0.15, 0.2) is 0 Å². The summed E-state index contributed by atoms with van der Waals surface area (Å²) < 4.78 is 5.73. The Bertz CT molecular complexity index is 527. The molecule has 22 heavy (non-hydrogen) atoms. The SMILES string of the molecule is CC(CCCCOCc1ccccc1)[SiH2]c1ccc(Cl)cc1. The van der Waals surface area contributed by atoms with Crippen LogP contribution in [0.3, 0.4) is 0 Å². The van der Waals surface area contributed by atoms with Crippen molar-refractivity contribution in [2.45, 2.75) is 38.3 Å². The summed E-state index contributed by atoms with van der Waals surface area (Å²) in [5.74, 6) is 0. The van der Waals surface area contributed by atoms with Gasteiger partial charge in [-0.2, -0.15) is 0 Å². The standard InChI is InChI=1S/C19H25ClOSi/c1-16(22-19-12-10-18(20)11-13-19)7-5-6-14-21-15-17-8-3-2-4-9-17/h2-4,8-13,16H,5-7,14-15,22H2,1H3. The third-order valence-electron chi connectivity index (χ3n) is 3.84. The Balaban J connectivity index is 1.53. The smallest absolute Gasteiger partial charge is 0.0716 e. The van der Waals surface area contributed by atoms with Crippen LogP contribution in [0.4, 0.5) is 0 Å². The number of benzene rings is 2. The molecular weight excluding hydrogens is 308 g/mol. The summed E-state index contributed by atoms with van der Waals surface area (Å²) in [6.45, 7) is 3.98. The summed E-state index contributed by atoms with van der Waals surface area (Å²) >= 11 is 5.93. The van der Waals surface area contributed by atoms with Crippen molar-refractivity contribution in [3.8, 4) is 0 Å². The molecule has 3 heteroatoms. The van der Waals surface area contributed by atoms with E-state index in [2.05, 4.69) is 43.3 Å². The van der Waals surface area contributed by atoms with Crippen molar-refractivity contribution in [3.63, 3.8) is 0 Å². The van der Waals surface area contributed by atoms with Crippen molar-refractivity contribution in [3.05, 3.63) is 65.2 Å². The second-order valence-corrected chi connectivity index (χ2v) is 9.02. The van der Waals surface area contributed by atoms with Crippen LogP contribution in [0.1, 0.15) is 31.7 Å². The van der Waals surface area contributed by atoms with Gasteiger partial charge in [0.25, 0.3) is 0 Å². The molecule has 0 fully saturated rings. The number of hydrogen-bond acceptors (Lipinski definition) is 1. The predicted octanol–water partition coefficient (Wildman–Crippen LogP) is 4.33. The van der Waals surface area contributed by atoms with Crippen LogP contribution in [0.25, 0.3) is 0 Å². The molecule has 0 bridgehead atoms. The molecule has 2 rings (SSSR count). The summed E-state index contributed by atoms with van der Waals surface area (Å²) in [4.78, 5) is 0. The van der Waals surface area contributed by atoms with Crippen LogP contribution in [0.2, 0.25) is 10.6 Å². The van der Waals surface area contributed by atoms with Gasteiger partial charge in [0.05, 0.1) is 16.1 Å². The van der Waals surface area contributed by atoms with Crippen molar-refractivity contribution in [1.82, 2.24) is 0 Å². The molecule has 118 valence electrons. The molecule has 1 unspecified atom stereocenters. The number of halogens is 1. The van der Waals surface area contributed by atoms with Crippen LogP contribution in [-0.2, 0) is 11.3 Å². The second kappa shape index (κ2) is 9.83. The highest BCUT2D eigenvalue weighted by Gasteiger charge is 2.04. The van der Waals surface area contributed by atoms with E-state index in [4.69, 9.17) is 16.3 Å². The van der Waals surface area contributed by atoms with Crippen molar-refractivity contribution < 1.29 is 4.74 Å². The van der Waals surface area contributed by atoms with E-state index in [9.17, 15) is 0 Å². The van der Waals surface area contributed by atoms with E-state index in [1.807, 2.05) is 18.2 Å². The van der Waals surface area contributed by atoms with E-state index in [-0.39, 0.29) is 9.52 Å². The number of hydrogen-bond donors (Lipinski definition) is 0. The highest BCUT2D eigenvalue weighted by Crippen LogP contribution is 2.13. The molecule has 0 saturated heterocycles. The molecule has 0 spiro atoms. The van der Waals surface area contributed by atoms with Gasteiger partial charge in [0, 0.05) is 11.6 Å². The highest BCUT2D eigenvalue weighted by molar-refractivity contribution is 6.55. The maximum absolute atomic E-state index is 5.93. The molecule has 2 aromatic carbocycles. The van der Waals surface area contributed by atoms with E-state index in [1.165, 1.54) is 23.6 Å². The number of rotatable bonds is 9. The lowest BCUT2D eigenvalue weighted by molar-refractivity contribution is 0.117. The highest BCUT2D eigenvalue weighted by atomic mass is 35.5. The van der Waals surface area contributed by atoms with Crippen LogP contribution in [0, 0.1) is 0 Å². The van der Waals surface area contributed by atoms with Gasteiger partial charge >= 0.3 is 0 Å². The van der Waals surface area contributed by atoms with Crippen LogP contribution >= 0.6 is 11.6 Å². The molecule has 0 aromatic heterocycles. The average Bonchev–Trinajstić information content (AvgIpc) is 2.54. The molecule has 0 aliphatic carbocycles. The monoisotopic (exact) mass is 332 g/mol. The molecule has 2 aromatic rings. The fourth-order valence-corrected chi connectivity index (χ4v) is 4.52. The Labute approximate surface area is 141 Å². The molecule has 0 aliphatic rings. The lowest BCUT2D eigenvalue weighted by atomic mass is 10.2. The molecule has 0 aliphatic heterocycles. The van der Waals surface area contributed by atoms with Gasteiger partial charge in [-0.25, -0.2) is 0 Å². The molecule has 1 nitrogen and oxygen atoms in total. The van der Waals surface area contributed by atoms with Crippen molar-refractivity contribution in [2.24, 2.45) is 0 Å². The van der Waals surface area contributed by atoms with E-state index in [1.54, 1.807) is 0 Å². The largest absolute Gasteiger partial charge is 0.377 e. The predicted molar refractivity (Wildman–Crippen MR) is 99.0 cm³/mol. The molecule has 0 heterocycles. The van der Waals surface area contributed by atoms with Gasteiger partial charge in [-0.15, -0.1) is 0 Å². The van der Waals surface area contributed by atoms with E-state index >= 15 is 0 Å². The Morgan fingerprint density at radius 2 is 1.73 bits per heavy atom. The first kappa shape index (κ1) is 17.3. The Hall–Kier alpha value is -1.09. The normalized spacial score (nSPS) is 12.8. The summed E-state index contributed by atoms with van der Waals surface area (Å²) in [6, 6.07) is 18.8. The zero-order valence-corrected chi connectivity index (χ0v) is 15.5. The third-order valence-corrected chi connectivity index (χ3v) is 6.14. The Kier molecular flexibility index (Phi) is 7.71. The maximum atomic E-state index is 5.93. The van der Waals surface area contributed by atoms with Crippen molar-refractivity contribution in [1.29, 1.82) is 0 Å². The molecule has 0 radical (unpaired) electrons. The topological polar surface area (TPSA) is 9.23 Å². The van der Waals surface area contributed by atoms with Gasteiger partial charge in [-0.05, 0) is 29.7 Å². The number of unbranched alkanes of at least 4 members (excludes halogenated alkanes) is 1. The van der Waals surface area contributed by atoms with E-state index in [0.29, 0.717) is 0 Å². The van der Waals surface area contributed by atoms with Crippen LogP contribution in [0.15, 0.2) is 54.6 Å². The lowest BCUT2D eigenvalue weighted by Crippen LogP contribution is -2.17. The lowest BCUT2D eigenvalue weighted by Gasteiger charge is -2.11. The maximum Gasteiger partial charge on any atom is 0.0716 e. The Morgan fingerprint density at radius 3 is 2.45 bits per heavy atom. The van der Waals surface area contributed by atoms with E-state index in [0.717, 1.165) is 30.2 Å². The fourth-order valence-electron chi connectivity index (χ4n) is 2.59. The minimum absolute atomic E-state index is 0.184. The van der Waals surface area contributed by atoms with Gasteiger partial charge in [-0.1, -0.05) is 79.0 Å². The van der Waals surface area contributed by atoms with Gasteiger partial charge in [0.1, 0.15) is 0 Å². The summed E-state index contributed by atoms with van der Waals surface area (Å²) in [6.07, 6.45) is 3.73. The third kappa shape index (κ3) is 6.78. The van der Waals surface area contributed by atoms with Gasteiger partial charge < -0.3 is 4.74 Å². The summed E-state index contributed by atoms with van der Waals surface area (Å²) in [5.41, 5.74) is 2.10. The second-order valence-electron chi connectivity index (χ2n) is 5.97. The minimum Gasteiger partial charge on any atom is -0.377 e. The zero-order chi connectivity index (χ0) is 15.6. The number of ether oxygens (including phenoxy) is 1. The molecule has 0 saturated carbocycles. The average molecular weight is 333 g/mol. The van der Waals surface area contributed by atoms with Crippen molar-refractivity contribution in [2.75, 3.05) is 6.61 Å². The first-order chi connectivity index (χ1) is 10.7. The quantitative estimate of drug-likeness (QED) is 0.490. The first-order valence-corrected chi connectivity index (χ1v) is 10.0. The van der Waals surface area contributed by atoms with Crippen molar-refractivity contribution >= 4 is 26.3 Å². The fraction of sp³-hybridized carbons (Fsp3) is 0.368. The van der Waals surface area contributed by atoms with Gasteiger partial charge in [0.2, 0.25) is 0 Å². The summed E-state index contributed by atoms with van der Waals surface area (Å²) in [7, 11) is -0.184. The first-order valence-electron chi connectivity index (χ1n) is 8.10. The van der Waals surface area contributed by atoms with Crippen LogP contribution in [0.5, 0.6) is 0 Å². The molecule has 0 N–H and O–H groups in total. The van der Waals surface area contributed by atoms with Crippen LogP contribution < -0.4 is 5.19 Å².